The molecule has 1 aromatic heterocycles. The third-order valence-electron chi connectivity index (χ3n) is 3.26. The summed E-state index contributed by atoms with van der Waals surface area (Å²) in [5.41, 5.74) is 2.21. The lowest BCUT2D eigenvalue weighted by atomic mass is 10.0. The molecule has 0 fully saturated rings. The van der Waals surface area contributed by atoms with Crippen molar-refractivity contribution in [3.05, 3.63) is 36.1 Å². The second kappa shape index (κ2) is 7.01. The Kier molecular flexibility index (Phi) is 5.06. The minimum atomic E-state index is 0.324. The Hall–Kier alpha value is -1.72. The highest BCUT2D eigenvalue weighted by Gasteiger charge is 2.15. The van der Waals surface area contributed by atoms with Crippen molar-refractivity contribution < 1.29 is 4.42 Å². The van der Waals surface area contributed by atoms with E-state index in [2.05, 4.69) is 36.2 Å². The fraction of sp³-hybridized carbons (Fsp3) is 0.412. The average molecular weight is 255 g/mol. The van der Waals surface area contributed by atoms with Gasteiger partial charge in [-0.05, 0) is 32.4 Å². The fourth-order valence-corrected chi connectivity index (χ4v) is 2.30. The van der Waals surface area contributed by atoms with Crippen LogP contribution in [0, 0.1) is 11.8 Å². The number of para-hydroxylation sites is 1. The molecule has 0 radical (unpaired) electrons. The third kappa shape index (κ3) is 3.39. The van der Waals surface area contributed by atoms with Gasteiger partial charge in [-0.2, -0.15) is 0 Å². The van der Waals surface area contributed by atoms with Crippen molar-refractivity contribution in [2.75, 3.05) is 6.54 Å². The number of benzene rings is 1. The Morgan fingerprint density at radius 2 is 2.16 bits per heavy atom. The molecule has 0 spiro atoms. The van der Waals surface area contributed by atoms with Crippen LogP contribution < -0.4 is 5.32 Å². The van der Waals surface area contributed by atoms with Gasteiger partial charge in [0.2, 0.25) is 0 Å². The first-order chi connectivity index (χ1) is 9.36. The van der Waals surface area contributed by atoms with Gasteiger partial charge in [0.1, 0.15) is 5.58 Å². The van der Waals surface area contributed by atoms with E-state index in [0.717, 1.165) is 31.4 Å². The van der Waals surface area contributed by atoms with Gasteiger partial charge in [0.05, 0.1) is 6.26 Å². The van der Waals surface area contributed by atoms with Crippen molar-refractivity contribution >= 4 is 11.0 Å². The molecule has 0 saturated carbocycles. The zero-order valence-electron chi connectivity index (χ0n) is 11.7. The highest BCUT2D eigenvalue weighted by atomic mass is 16.3. The molecule has 0 aliphatic carbocycles. The SMILES string of the molecule is CC#CCCC(NCCC)c1coc2ccccc12. The van der Waals surface area contributed by atoms with Crippen molar-refractivity contribution in [3.63, 3.8) is 0 Å². The van der Waals surface area contributed by atoms with Crippen molar-refractivity contribution in [2.24, 2.45) is 0 Å². The highest BCUT2D eigenvalue weighted by molar-refractivity contribution is 5.81. The van der Waals surface area contributed by atoms with Crippen LogP contribution in [0.1, 0.15) is 44.7 Å². The predicted octanol–water partition coefficient (Wildman–Crippen LogP) is 4.28. The Morgan fingerprint density at radius 1 is 1.32 bits per heavy atom. The molecule has 100 valence electrons. The topological polar surface area (TPSA) is 25.2 Å². The minimum Gasteiger partial charge on any atom is -0.464 e. The number of hydrogen-bond acceptors (Lipinski definition) is 2. The van der Waals surface area contributed by atoms with Crippen molar-refractivity contribution in [3.8, 4) is 11.8 Å². The summed E-state index contributed by atoms with van der Waals surface area (Å²) in [5.74, 6) is 6.10. The van der Waals surface area contributed by atoms with E-state index >= 15 is 0 Å². The van der Waals surface area contributed by atoms with Crippen LogP contribution in [0.3, 0.4) is 0 Å². The number of furan rings is 1. The van der Waals surface area contributed by atoms with Crippen LogP contribution in [0.15, 0.2) is 34.9 Å². The third-order valence-corrected chi connectivity index (χ3v) is 3.26. The Morgan fingerprint density at radius 3 is 2.95 bits per heavy atom. The molecule has 2 rings (SSSR count). The van der Waals surface area contributed by atoms with E-state index in [1.165, 1.54) is 10.9 Å². The summed E-state index contributed by atoms with van der Waals surface area (Å²) < 4.78 is 5.64. The first-order valence-corrected chi connectivity index (χ1v) is 6.96. The van der Waals surface area contributed by atoms with Gasteiger partial charge in [0.15, 0.2) is 0 Å². The molecule has 2 heteroatoms. The highest BCUT2D eigenvalue weighted by Crippen LogP contribution is 2.28. The van der Waals surface area contributed by atoms with Gasteiger partial charge in [0.25, 0.3) is 0 Å². The minimum absolute atomic E-state index is 0.324. The van der Waals surface area contributed by atoms with Crippen LogP contribution in [0.5, 0.6) is 0 Å². The molecule has 2 nitrogen and oxygen atoms in total. The lowest BCUT2D eigenvalue weighted by Gasteiger charge is -2.16. The van der Waals surface area contributed by atoms with Gasteiger partial charge in [-0.15, -0.1) is 11.8 Å². The maximum atomic E-state index is 5.64. The quantitative estimate of drug-likeness (QED) is 0.779. The van der Waals surface area contributed by atoms with E-state index in [1.54, 1.807) is 0 Å². The van der Waals surface area contributed by atoms with Crippen LogP contribution >= 0.6 is 0 Å². The van der Waals surface area contributed by atoms with E-state index in [-0.39, 0.29) is 0 Å². The maximum Gasteiger partial charge on any atom is 0.134 e. The summed E-state index contributed by atoms with van der Waals surface area (Å²) in [6.45, 7) is 5.09. The molecule has 1 unspecified atom stereocenters. The summed E-state index contributed by atoms with van der Waals surface area (Å²) in [4.78, 5) is 0. The van der Waals surface area contributed by atoms with E-state index < -0.39 is 0 Å². The standard InChI is InChI=1S/C17H21NO/c1-3-5-6-10-16(18-12-4-2)15-13-19-17-11-8-7-9-14(15)17/h7-9,11,13,16,18H,4,6,10,12H2,1-2H3. The predicted molar refractivity (Wildman–Crippen MR) is 79.9 cm³/mol. The molecule has 1 heterocycles. The Labute approximate surface area is 115 Å². The second-order valence-electron chi connectivity index (χ2n) is 4.66. The summed E-state index contributed by atoms with van der Waals surface area (Å²) in [6.07, 6.45) is 4.95. The lowest BCUT2D eigenvalue weighted by Crippen LogP contribution is -2.21. The molecule has 0 saturated heterocycles. The van der Waals surface area contributed by atoms with Gasteiger partial charge in [0, 0.05) is 23.4 Å². The molecule has 1 aromatic carbocycles. The number of nitrogens with one attached hydrogen (secondary N) is 1. The monoisotopic (exact) mass is 255 g/mol. The largest absolute Gasteiger partial charge is 0.464 e. The summed E-state index contributed by atoms with van der Waals surface area (Å²) in [7, 11) is 0. The molecule has 1 atom stereocenters. The van der Waals surface area contributed by atoms with E-state index in [4.69, 9.17) is 4.42 Å². The molecular formula is C17H21NO. The summed E-state index contributed by atoms with van der Waals surface area (Å²) in [5, 5.41) is 4.80. The normalized spacial score (nSPS) is 12.1. The van der Waals surface area contributed by atoms with E-state index in [0.29, 0.717) is 6.04 Å². The van der Waals surface area contributed by atoms with Crippen molar-refractivity contribution in [1.82, 2.24) is 5.32 Å². The van der Waals surface area contributed by atoms with E-state index in [1.807, 2.05) is 25.3 Å². The van der Waals surface area contributed by atoms with Crippen molar-refractivity contribution in [2.45, 2.75) is 39.2 Å². The fourth-order valence-electron chi connectivity index (χ4n) is 2.30. The zero-order chi connectivity index (χ0) is 13.5. The van der Waals surface area contributed by atoms with Crippen molar-refractivity contribution in [1.29, 1.82) is 0 Å². The molecule has 0 amide bonds. The molecule has 19 heavy (non-hydrogen) atoms. The smallest absolute Gasteiger partial charge is 0.134 e. The van der Waals surface area contributed by atoms with Crippen LogP contribution in [0.4, 0.5) is 0 Å². The van der Waals surface area contributed by atoms with Crippen LogP contribution in [0.2, 0.25) is 0 Å². The molecule has 0 bridgehead atoms. The van der Waals surface area contributed by atoms with Gasteiger partial charge < -0.3 is 9.73 Å². The second-order valence-corrected chi connectivity index (χ2v) is 4.66. The Balaban J connectivity index is 2.22. The van der Waals surface area contributed by atoms with Gasteiger partial charge in [-0.25, -0.2) is 0 Å². The Bertz CT molecular complexity index is 573. The molecular weight excluding hydrogens is 234 g/mol. The van der Waals surface area contributed by atoms with Gasteiger partial charge >= 0.3 is 0 Å². The van der Waals surface area contributed by atoms with Crippen LogP contribution in [-0.2, 0) is 0 Å². The summed E-state index contributed by atoms with van der Waals surface area (Å²) >= 11 is 0. The van der Waals surface area contributed by atoms with Gasteiger partial charge in [-0.3, -0.25) is 0 Å². The summed E-state index contributed by atoms with van der Waals surface area (Å²) in [6, 6.07) is 8.53. The molecule has 0 aliphatic rings. The number of fused-ring (bicyclic) bond motifs is 1. The van der Waals surface area contributed by atoms with Gasteiger partial charge in [-0.1, -0.05) is 25.1 Å². The molecule has 2 aromatic rings. The molecule has 0 aliphatic heterocycles. The lowest BCUT2D eigenvalue weighted by molar-refractivity contribution is 0.498. The maximum absolute atomic E-state index is 5.64. The number of hydrogen-bond donors (Lipinski definition) is 1. The first-order valence-electron chi connectivity index (χ1n) is 6.96. The van der Waals surface area contributed by atoms with Crippen LogP contribution in [-0.4, -0.2) is 6.54 Å². The molecule has 1 N–H and O–H groups in total. The van der Waals surface area contributed by atoms with Crippen LogP contribution in [0.25, 0.3) is 11.0 Å². The average Bonchev–Trinajstić information content (AvgIpc) is 2.87. The first kappa shape index (κ1) is 13.7. The number of rotatable bonds is 6. The van der Waals surface area contributed by atoms with E-state index in [9.17, 15) is 0 Å². The zero-order valence-corrected chi connectivity index (χ0v) is 11.7.